The van der Waals surface area contributed by atoms with Gasteiger partial charge >= 0.3 is 0 Å². The van der Waals surface area contributed by atoms with Gasteiger partial charge in [0.05, 0.1) is 12.0 Å². The van der Waals surface area contributed by atoms with Crippen molar-refractivity contribution in [3.8, 4) is 0 Å². The second kappa shape index (κ2) is 8.45. The predicted octanol–water partition coefficient (Wildman–Crippen LogP) is 4.93. The van der Waals surface area contributed by atoms with Crippen molar-refractivity contribution in [3.63, 3.8) is 0 Å². The van der Waals surface area contributed by atoms with Crippen molar-refractivity contribution in [2.75, 3.05) is 7.05 Å². The Bertz CT molecular complexity index is 1160. The summed E-state index contributed by atoms with van der Waals surface area (Å²) in [5.74, 6) is -0.443. The van der Waals surface area contributed by atoms with Gasteiger partial charge in [0.25, 0.3) is 5.91 Å². The summed E-state index contributed by atoms with van der Waals surface area (Å²) in [5, 5.41) is 4.46. The molecule has 0 spiro atoms. The molecular formula is C27H31N3O2. The molecule has 2 atom stereocenters. The zero-order valence-electron chi connectivity index (χ0n) is 18.9. The van der Waals surface area contributed by atoms with Gasteiger partial charge in [0, 0.05) is 48.4 Å². The number of nitrogens with zero attached hydrogens (tertiary/aromatic N) is 2. The molecule has 2 heterocycles. The number of hydrogen-bond acceptors (Lipinski definition) is 2. The molecule has 0 unspecified atom stereocenters. The van der Waals surface area contributed by atoms with Crippen LogP contribution in [0.2, 0.25) is 0 Å². The Labute approximate surface area is 189 Å². The first-order valence-corrected chi connectivity index (χ1v) is 11.8. The fraction of sp³-hybridized carbons (Fsp3) is 0.407. The van der Waals surface area contributed by atoms with Crippen LogP contribution in [0.25, 0.3) is 10.9 Å². The highest BCUT2D eigenvalue weighted by molar-refractivity contribution is 6.02. The van der Waals surface area contributed by atoms with Crippen LogP contribution in [0.3, 0.4) is 0 Å². The summed E-state index contributed by atoms with van der Waals surface area (Å²) in [6.45, 7) is 0. The second-order valence-corrected chi connectivity index (χ2v) is 9.34. The van der Waals surface area contributed by atoms with E-state index in [9.17, 15) is 9.59 Å². The molecule has 3 aromatic rings. The smallest absolute Gasteiger partial charge is 0.254 e. The average Bonchev–Trinajstić information content (AvgIpc) is 2.96. The number of fused-ring (bicyclic) bond motifs is 2. The van der Waals surface area contributed by atoms with E-state index in [1.165, 1.54) is 12.8 Å². The van der Waals surface area contributed by atoms with Gasteiger partial charge in [-0.1, -0.05) is 62.1 Å². The molecule has 32 heavy (non-hydrogen) atoms. The number of rotatable bonds is 3. The first-order chi connectivity index (χ1) is 15.6. The number of para-hydroxylation sites is 1. The molecule has 1 saturated carbocycles. The van der Waals surface area contributed by atoms with E-state index < -0.39 is 5.92 Å². The Balaban J connectivity index is 1.61. The summed E-state index contributed by atoms with van der Waals surface area (Å²) in [5.41, 5.74) is 3.59. The van der Waals surface area contributed by atoms with Gasteiger partial charge in [0.15, 0.2) is 0 Å². The Hall–Kier alpha value is -3.08. The fourth-order valence-electron chi connectivity index (χ4n) is 5.67. The number of carbonyl (C=O) groups is 2. The van der Waals surface area contributed by atoms with Crippen molar-refractivity contribution in [1.29, 1.82) is 0 Å². The number of carbonyl (C=O) groups excluding carboxylic acids is 2. The topological polar surface area (TPSA) is 54.3 Å². The molecule has 1 fully saturated rings. The lowest BCUT2D eigenvalue weighted by Gasteiger charge is -2.40. The minimum Gasteiger partial charge on any atom is -0.353 e. The van der Waals surface area contributed by atoms with E-state index >= 15 is 0 Å². The summed E-state index contributed by atoms with van der Waals surface area (Å²) < 4.78 is 2.09. The minimum absolute atomic E-state index is 0.0293. The van der Waals surface area contributed by atoms with E-state index in [1.807, 2.05) is 50.5 Å². The van der Waals surface area contributed by atoms with Crippen LogP contribution in [-0.2, 0) is 11.8 Å². The molecule has 5 heteroatoms. The summed E-state index contributed by atoms with van der Waals surface area (Å²) in [6.07, 6.45) is 8.97. The van der Waals surface area contributed by atoms with E-state index in [1.54, 1.807) is 4.90 Å². The Morgan fingerprint density at radius 3 is 2.38 bits per heavy atom. The molecule has 1 aromatic heterocycles. The zero-order valence-corrected chi connectivity index (χ0v) is 18.9. The first-order valence-electron chi connectivity index (χ1n) is 11.8. The number of aryl methyl sites for hydroxylation is 1. The normalized spacial score (nSPS) is 21.9. The predicted molar refractivity (Wildman–Crippen MR) is 127 cm³/mol. The molecule has 166 valence electrons. The highest BCUT2D eigenvalue weighted by Crippen LogP contribution is 2.44. The lowest BCUT2D eigenvalue weighted by Crippen LogP contribution is -2.47. The van der Waals surface area contributed by atoms with E-state index in [4.69, 9.17) is 0 Å². The number of benzene rings is 2. The zero-order chi connectivity index (χ0) is 22.2. The van der Waals surface area contributed by atoms with Gasteiger partial charge in [-0.2, -0.15) is 0 Å². The van der Waals surface area contributed by atoms with Crippen molar-refractivity contribution >= 4 is 22.7 Å². The molecular weight excluding hydrogens is 398 g/mol. The van der Waals surface area contributed by atoms with Crippen LogP contribution < -0.4 is 5.32 Å². The first kappa shape index (κ1) is 20.8. The van der Waals surface area contributed by atoms with Gasteiger partial charge < -0.3 is 14.8 Å². The van der Waals surface area contributed by atoms with Crippen LogP contribution >= 0.6 is 0 Å². The second-order valence-electron chi connectivity index (χ2n) is 9.34. The summed E-state index contributed by atoms with van der Waals surface area (Å²) in [6, 6.07) is 15.7. The van der Waals surface area contributed by atoms with E-state index in [2.05, 4.69) is 28.2 Å². The Morgan fingerprint density at radius 2 is 1.59 bits per heavy atom. The van der Waals surface area contributed by atoms with Gasteiger partial charge in [-0.05, 0) is 30.5 Å². The summed E-state index contributed by atoms with van der Waals surface area (Å²) in [7, 11) is 3.85. The highest BCUT2D eigenvalue weighted by atomic mass is 16.2. The van der Waals surface area contributed by atoms with Crippen LogP contribution in [0.4, 0.5) is 0 Å². The van der Waals surface area contributed by atoms with Crippen molar-refractivity contribution in [2.45, 2.75) is 56.5 Å². The van der Waals surface area contributed by atoms with Crippen molar-refractivity contribution < 1.29 is 9.59 Å². The molecule has 5 rings (SSSR count). The molecule has 2 aromatic carbocycles. The van der Waals surface area contributed by atoms with Gasteiger partial charge in [-0.25, -0.2) is 0 Å². The van der Waals surface area contributed by atoms with E-state index in [0.717, 1.165) is 47.7 Å². The maximum atomic E-state index is 13.9. The standard InChI is InChI=1S/C27H31N3O2/c1-29-17-22(19-13-9-10-16-23(19)29)25-24(26(31)28-18-11-5-3-4-6-12-18)20-14-7-8-15-21(20)27(32)30(25)2/h7-10,13-18,24-25H,3-6,11-12H2,1-2H3,(H,28,31)/t24-,25+/m0/s1. The number of hydrogen-bond donors (Lipinski definition) is 1. The average molecular weight is 430 g/mol. The van der Waals surface area contributed by atoms with Crippen molar-refractivity contribution in [3.05, 3.63) is 71.4 Å². The van der Waals surface area contributed by atoms with Crippen molar-refractivity contribution in [2.24, 2.45) is 7.05 Å². The maximum absolute atomic E-state index is 13.9. The molecule has 5 nitrogen and oxygen atoms in total. The third kappa shape index (κ3) is 3.50. The molecule has 0 bridgehead atoms. The van der Waals surface area contributed by atoms with Crippen molar-refractivity contribution in [1.82, 2.24) is 14.8 Å². The SMILES string of the molecule is CN1C(=O)c2ccccc2[C@H](C(=O)NC2CCCCCC2)[C@H]1c1cn(C)c2ccccc12. The van der Waals surface area contributed by atoms with E-state index in [-0.39, 0.29) is 23.9 Å². The van der Waals surface area contributed by atoms with Gasteiger partial charge in [-0.3, -0.25) is 9.59 Å². The quantitative estimate of drug-likeness (QED) is 0.601. The molecule has 1 aliphatic carbocycles. The maximum Gasteiger partial charge on any atom is 0.254 e. The molecule has 0 saturated heterocycles. The van der Waals surface area contributed by atoms with Crippen LogP contribution in [-0.4, -0.2) is 34.4 Å². The minimum atomic E-state index is -0.442. The monoisotopic (exact) mass is 429 g/mol. The lowest BCUT2D eigenvalue weighted by molar-refractivity contribution is -0.124. The largest absolute Gasteiger partial charge is 0.353 e. The number of aromatic nitrogens is 1. The van der Waals surface area contributed by atoms with E-state index in [0.29, 0.717) is 5.56 Å². The van der Waals surface area contributed by atoms with Crippen LogP contribution in [0.5, 0.6) is 0 Å². The van der Waals surface area contributed by atoms with Gasteiger partial charge in [0.2, 0.25) is 5.91 Å². The fourth-order valence-corrected chi connectivity index (χ4v) is 5.67. The number of nitrogens with one attached hydrogen (secondary N) is 1. The summed E-state index contributed by atoms with van der Waals surface area (Å²) >= 11 is 0. The number of likely N-dealkylation sites (N-methyl/N-ethyl adjacent to an activating group) is 1. The summed E-state index contributed by atoms with van der Waals surface area (Å²) in [4.78, 5) is 29.0. The Morgan fingerprint density at radius 1 is 0.906 bits per heavy atom. The lowest BCUT2D eigenvalue weighted by atomic mass is 9.79. The van der Waals surface area contributed by atoms with Gasteiger partial charge in [-0.15, -0.1) is 0 Å². The molecule has 2 amide bonds. The third-order valence-electron chi connectivity index (χ3n) is 7.31. The van der Waals surface area contributed by atoms with Crippen LogP contribution in [0.15, 0.2) is 54.7 Å². The molecule has 1 N–H and O–H groups in total. The van der Waals surface area contributed by atoms with Crippen LogP contribution in [0.1, 0.15) is 72.0 Å². The highest BCUT2D eigenvalue weighted by Gasteiger charge is 2.44. The molecule has 1 aliphatic heterocycles. The number of amides is 2. The Kier molecular flexibility index (Phi) is 5.50. The van der Waals surface area contributed by atoms with Gasteiger partial charge in [0.1, 0.15) is 0 Å². The third-order valence-corrected chi connectivity index (χ3v) is 7.31. The molecule has 0 radical (unpaired) electrons. The van der Waals surface area contributed by atoms with Crippen LogP contribution in [0, 0.1) is 0 Å². The molecule has 2 aliphatic rings.